The van der Waals surface area contributed by atoms with Gasteiger partial charge < -0.3 is 20.7 Å². The molecule has 0 bridgehead atoms. The molecule has 2 saturated carbocycles. The summed E-state index contributed by atoms with van der Waals surface area (Å²) in [5.74, 6) is 0.291. The van der Waals surface area contributed by atoms with Crippen molar-refractivity contribution in [3.8, 4) is 22.4 Å². The van der Waals surface area contributed by atoms with Crippen LogP contribution in [0.4, 0.5) is 10.5 Å². The number of carbonyl (C=O) groups excluding carboxylic acids is 2. The van der Waals surface area contributed by atoms with Crippen molar-refractivity contribution in [3.05, 3.63) is 72.4 Å². The molecule has 0 spiro atoms. The predicted octanol–water partition coefficient (Wildman–Crippen LogP) is 6.34. The molecule has 7 heteroatoms. The molecule has 1 aromatic heterocycles. The van der Waals surface area contributed by atoms with Crippen molar-refractivity contribution in [2.24, 2.45) is 11.7 Å². The van der Waals surface area contributed by atoms with Crippen LogP contribution in [-0.4, -0.2) is 42.1 Å². The molecular formula is C32H38N4O3. The number of amides is 2. The quantitative estimate of drug-likeness (QED) is 0.374. The Morgan fingerprint density at radius 3 is 2.33 bits per heavy atom. The molecule has 0 unspecified atom stereocenters. The van der Waals surface area contributed by atoms with E-state index in [1.807, 2.05) is 24.3 Å². The van der Waals surface area contributed by atoms with Gasteiger partial charge in [0.05, 0.1) is 24.7 Å². The first-order valence-corrected chi connectivity index (χ1v) is 13.9. The molecule has 0 saturated heterocycles. The summed E-state index contributed by atoms with van der Waals surface area (Å²) in [7, 11) is 3.18. The van der Waals surface area contributed by atoms with Gasteiger partial charge in [-0.25, -0.2) is 4.79 Å². The van der Waals surface area contributed by atoms with Gasteiger partial charge >= 0.3 is 6.09 Å². The third-order valence-electron chi connectivity index (χ3n) is 8.54. The summed E-state index contributed by atoms with van der Waals surface area (Å²) in [6, 6.07) is 20.8. The Bertz CT molecular complexity index is 1300. The topological polar surface area (TPSA) is 97.5 Å². The highest BCUT2D eigenvalue weighted by atomic mass is 16.5. The zero-order chi connectivity index (χ0) is 27.4. The van der Waals surface area contributed by atoms with Crippen LogP contribution in [0.1, 0.15) is 56.9 Å². The van der Waals surface area contributed by atoms with Crippen molar-refractivity contribution in [1.29, 1.82) is 0 Å². The van der Waals surface area contributed by atoms with Gasteiger partial charge in [-0.2, -0.15) is 0 Å². The summed E-state index contributed by atoms with van der Waals surface area (Å²) >= 11 is 0. The van der Waals surface area contributed by atoms with Crippen molar-refractivity contribution in [3.63, 3.8) is 0 Å². The maximum atomic E-state index is 13.0. The zero-order valence-corrected chi connectivity index (χ0v) is 22.9. The number of anilines is 1. The molecule has 2 aromatic carbocycles. The smallest absolute Gasteiger partial charge is 0.409 e. The third-order valence-corrected chi connectivity index (χ3v) is 8.54. The summed E-state index contributed by atoms with van der Waals surface area (Å²) in [4.78, 5) is 31.3. The van der Waals surface area contributed by atoms with E-state index in [1.54, 1.807) is 18.1 Å². The molecule has 2 amide bonds. The van der Waals surface area contributed by atoms with E-state index in [0.29, 0.717) is 18.0 Å². The van der Waals surface area contributed by atoms with E-state index in [4.69, 9.17) is 15.5 Å². The Hall–Kier alpha value is -3.71. The highest BCUT2D eigenvalue weighted by Gasteiger charge is 2.34. The van der Waals surface area contributed by atoms with Crippen molar-refractivity contribution in [2.75, 3.05) is 19.5 Å². The van der Waals surface area contributed by atoms with Gasteiger partial charge in [0.1, 0.15) is 0 Å². The number of nitrogens with two attached hydrogens (primary N) is 1. The van der Waals surface area contributed by atoms with Gasteiger partial charge in [0.15, 0.2) is 0 Å². The lowest BCUT2D eigenvalue weighted by Crippen LogP contribution is -2.43. The van der Waals surface area contributed by atoms with Crippen LogP contribution < -0.4 is 11.1 Å². The summed E-state index contributed by atoms with van der Waals surface area (Å²) < 4.78 is 4.84. The molecule has 0 aliphatic heterocycles. The van der Waals surface area contributed by atoms with Crippen LogP contribution in [-0.2, 0) is 15.1 Å². The van der Waals surface area contributed by atoms with Gasteiger partial charge in [-0.05, 0) is 68.1 Å². The van der Waals surface area contributed by atoms with Crippen LogP contribution >= 0.6 is 0 Å². The summed E-state index contributed by atoms with van der Waals surface area (Å²) in [6.07, 6.45) is 8.70. The maximum Gasteiger partial charge on any atom is 0.409 e. The van der Waals surface area contributed by atoms with Crippen LogP contribution in [0.25, 0.3) is 22.4 Å². The van der Waals surface area contributed by atoms with Gasteiger partial charge in [-0.3, -0.25) is 9.78 Å². The lowest BCUT2D eigenvalue weighted by molar-refractivity contribution is -0.117. The maximum absolute atomic E-state index is 13.0. The molecule has 3 N–H and O–H groups in total. The molecule has 0 atom stereocenters. The van der Waals surface area contributed by atoms with Crippen molar-refractivity contribution < 1.29 is 14.3 Å². The fraction of sp³-hybridized carbons (Fsp3) is 0.406. The van der Waals surface area contributed by atoms with E-state index < -0.39 is 0 Å². The first-order valence-electron chi connectivity index (χ1n) is 13.9. The lowest BCUT2D eigenvalue weighted by Gasteiger charge is -2.38. The molecule has 7 nitrogen and oxygen atoms in total. The van der Waals surface area contributed by atoms with Gasteiger partial charge in [-0.15, -0.1) is 0 Å². The number of methoxy groups -OCH3 is 1. The van der Waals surface area contributed by atoms with Gasteiger partial charge in [-0.1, -0.05) is 54.6 Å². The van der Waals surface area contributed by atoms with E-state index >= 15 is 0 Å². The summed E-state index contributed by atoms with van der Waals surface area (Å²) in [5, 5.41) is 3.08. The molecule has 1 heterocycles. The SMILES string of the molecule is COC(=O)N(C)[C@H]1CC[C@H](CC(=O)Nc2cnc(-c3ccc(C4(N)CCC4)cc3)c(-c3ccccc3)c2)CC1. The number of pyridine rings is 1. The standard InChI is InChI=1S/C32H38N4O3/c1-36(31(38)39-2)27-15-9-22(10-16-27)19-29(37)35-26-20-28(23-7-4-3-5-8-23)30(34-21-26)24-11-13-25(14-12-24)32(33)17-6-18-32/h3-5,7-8,11-14,20-22,27H,6,9-10,15-19,33H2,1-2H3,(H,35,37)/t22-,27-. The Morgan fingerprint density at radius 1 is 1.03 bits per heavy atom. The number of nitrogens with one attached hydrogen (secondary N) is 1. The number of ether oxygens (including phenoxy) is 1. The second-order valence-corrected chi connectivity index (χ2v) is 11.1. The second kappa shape index (κ2) is 11.6. The van der Waals surface area contributed by atoms with Crippen molar-refractivity contribution in [2.45, 2.75) is 62.9 Å². The summed E-state index contributed by atoms with van der Waals surface area (Å²) in [6.45, 7) is 0. The normalized spacial score (nSPS) is 20.0. The fourth-order valence-electron chi connectivity index (χ4n) is 5.91. The van der Waals surface area contributed by atoms with Gasteiger partial charge in [0.2, 0.25) is 5.91 Å². The minimum Gasteiger partial charge on any atom is -0.453 e. The fourth-order valence-corrected chi connectivity index (χ4v) is 5.91. The number of aromatic nitrogens is 1. The van der Waals surface area contributed by atoms with E-state index in [0.717, 1.165) is 60.9 Å². The average molecular weight is 527 g/mol. The number of rotatable bonds is 7. The zero-order valence-electron chi connectivity index (χ0n) is 22.9. The molecule has 0 radical (unpaired) electrons. The molecule has 39 heavy (non-hydrogen) atoms. The molecule has 3 aromatic rings. The molecule has 2 fully saturated rings. The minimum atomic E-state index is -0.307. The number of hydrogen-bond acceptors (Lipinski definition) is 5. The van der Waals surface area contributed by atoms with E-state index in [2.05, 4.69) is 41.7 Å². The Balaban J connectivity index is 1.28. The Morgan fingerprint density at radius 2 is 1.72 bits per heavy atom. The number of benzene rings is 2. The van der Waals surface area contributed by atoms with Crippen molar-refractivity contribution in [1.82, 2.24) is 9.88 Å². The second-order valence-electron chi connectivity index (χ2n) is 11.1. The molecule has 204 valence electrons. The molecule has 2 aliphatic carbocycles. The molecular weight excluding hydrogens is 488 g/mol. The highest BCUT2D eigenvalue weighted by Crippen LogP contribution is 2.40. The Labute approximate surface area is 230 Å². The first-order chi connectivity index (χ1) is 18.9. The van der Waals surface area contributed by atoms with Crippen LogP contribution in [0.3, 0.4) is 0 Å². The van der Waals surface area contributed by atoms with Crippen molar-refractivity contribution >= 4 is 17.7 Å². The first kappa shape index (κ1) is 26.9. The van der Waals surface area contributed by atoms with E-state index in [-0.39, 0.29) is 23.6 Å². The van der Waals surface area contributed by atoms with Crippen LogP contribution in [0.5, 0.6) is 0 Å². The number of nitrogens with zero attached hydrogens (tertiary/aromatic N) is 2. The van der Waals surface area contributed by atoms with Crippen LogP contribution in [0.2, 0.25) is 0 Å². The predicted molar refractivity (Wildman–Crippen MR) is 154 cm³/mol. The largest absolute Gasteiger partial charge is 0.453 e. The van der Waals surface area contributed by atoms with E-state index in [9.17, 15) is 9.59 Å². The number of hydrogen-bond donors (Lipinski definition) is 2. The average Bonchev–Trinajstić information content (AvgIpc) is 2.96. The van der Waals surface area contributed by atoms with E-state index in [1.165, 1.54) is 19.1 Å². The summed E-state index contributed by atoms with van der Waals surface area (Å²) in [5.41, 5.74) is 12.1. The number of carbonyl (C=O) groups is 2. The Kier molecular flexibility index (Phi) is 7.98. The molecule has 2 aliphatic rings. The van der Waals surface area contributed by atoms with Crippen LogP contribution in [0, 0.1) is 5.92 Å². The lowest BCUT2D eigenvalue weighted by atomic mass is 9.72. The van der Waals surface area contributed by atoms with Gasteiger partial charge in [0, 0.05) is 36.2 Å². The monoisotopic (exact) mass is 526 g/mol. The minimum absolute atomic E-state index is 0.00794. The third kappa shape index (κ3) is 5.98. The van der Waals surface area contributed by atoms with Gasteiger partial charge in [0.25, 0.3) is 0 Å². The molecule has 5 rings (SSSR count). The highest BCUT2D eigenvalue weighted by molar-refractivity contribution is 5.93. The van der Waals surface area contributed by atoms with Crippen LogP contribution in [0.15, 0.2) is 66.9 Å².